The molecule has 478 valence electrons. The number of rotatable bonds is 67. The van der Waals surface area contributed by atoms with Gasteiger partial charge in [0.25, 0.3) is 6.29 Å². The number of aliphatic carboxylic acids is 1. The number of carboxylic acids is 1. The second kappa shape index (κ2) is 63.8. The minimum Gasteiger partial charge on any atom is -0.477 e. The first-order valence-corrected chi connectivity index (χ1v) is 35.5. The van der Waals surface area contributed by atoms with Gasteiger partial charge in [-0.15, -0.1) is 0 Å². The van der Waals surface area contributed by atoms with Gasteiger partial charge in [-0.1, -0.05) is 327 Å². The van der Waals surface area contributed by atoms with Crippen LogP contribution < -0.4 is 0 Å². The van der Waals surface area contributed by atoms with Crippen LogP contribution in [0.5, 0.6) is 0 Å². The molecule has 0 aliphatic carbocycles. The molecule has 0 rings (SSSR count). The molecule has 0 radical (unpaired) electrons. The zero-order valence-corrected chi connectivity index (χ0v) is 54.7. The van der Waals surface area contributed by atoms with Crippen molar-refractivity contribution in [3.8, 4) is 0 Å². The average molecular weight is 1150 g/mol. The summed E-state index contributed by atoms with van der Waals surface area (Å²) in [6.07, 6.45) is 76.1. The van der Waals surface area contributed by atoms with Gasteiger partial charge in [-0.25, -0.2) is 4.79 Å². The van der Waals surface area contributed by atoms with E-state index in [0.29, 0.717) is 23.9 Å². The van der Waals surface area contributed by atoms with E-state index < -0.39 is 24.3 Å². The van der Waals surface area contributed by atoms with Crippen molar-refractivity contribution >= 4 is 17.9 Å². The normalized spacial score (nSPS) is 12.8. The first-order chi connectivity index (χ1) is 39.6. The molecule has 0 aromatic carbocycles. The van der Waals surface area contributed by atoms with Gasteiger partial charge in [0.1, 0.15) is 13.2 Å². The first kappa shape index (κ1) is 78.8. The van der Waals surface area contributed by atoms with E-state index in [-0.39, 0.29) is 32.2 Å². The zero-order chi connectivity index (χ0) is 59.1. The highest BCUT2D eigenvalue weighted by Crippen LogP contribution is 2.19. The quantitative estimate of drug-likeness (QED) is 0.0211. The summed E-state index contributed by atoms with van der Waals surface area (Å²) < 4.78 is 23.0. The Balaban J connectivity index is 3.93. The van der Waals surface area contributed by atoms with Crippen LogP contribution in [0.3, 0.4) is 0 Å². The minimum absolute atomic E-state index is 0.180. The molecule has 9 heteroatoms. The van der Waals surface area contributed by atoms with E-state index in [2.05, 4.69) is 38.2 Å². The van der Waals surface area contributed by atoms with Crippen LogP contribution in [0, 0.1) is 0 Å². The van der Waals surface area contributed by atoms with Crippen LogP contribution >= 0.6 is 0 Å². The molecule has 1 N–H and O–H groups in total. The Labute approximate surface area is 503 Å². The molecule has 0 fully saturated rings. The molecule has 0 spiro atoms. The molecule has 2 unspecified atom stereocenters. The number of nitrogens with zero attached hydrogens (tertiary/aromatic N) is 1. The second-order valence-corrected chi connectivity index (χ2v) is 25.6. The van der Waals surface area contributed by atoms with Gasteiger partial charge in [-0.2, -0.15) is 0 Å². The van der Waals surface area contributed by atoms with Crippen molar-refractivity contribution in [2.75, 3.05) is 47.5 Å². The lowest BCUT2D eigenvalue weighted by atomic mass is 10.0. The number of carbonyl (C=O) groups excluding carboxylic acids is 2. The average Bonchev–Trinajstić information content (AvgIpc) is 3.44. The second-order valence-electron chi connectivity index (χ2n) is 25.6. The lowest BCUT2D eigenvalue weighted by Crippen LogP contribution is -2.40. The number of ether oxygens (including phenoxy) is 4. The molecule has 0 aliphatic heterocycles. The zero-order valence-electron chi connectivity index (χ0n) is 54.7. The Morgan fingerprint density at radius 2 is 0.667 bits per heavy atom. The molecule has 81 heavy (non-hydrogen) atoms. The Morgan fingerprint density at radius 1 is 0.370 bits per heavy atom. The fourth-order valence-electron chi connectivity index (χ4n) is 10.8. The maximum Gasteiger partial charge on any atom is 0.361 e. The van der Waals surface area contributed by atoms with Crippen LogP contribution in [0.25, 0.3) is 0 Å². The molecule has 0 saturated carbocycles. The summed E-state index contributed by atoms with van der Waals surface area (Å²) in [6.45, 7) is 4.91. The topological polar surface area (TPSA) is 108 Å². The van der Waals surface area contributed by atoms with Crippen molar-refractivity contribution in [2.24, 2.45) is 0 Å². The Hall–Kier alpha value is -2.23. The molecular formula is C72H138NO8+. The lowest BCUT2D eigenvalue weighted by molar-refractivity contribution is -0.870. The molecule has 0 saturated heterocycles. The smallest absolute Gasteiger partial charge is 0.361 e. The lowest BCUT2D eigenvalue weighted by Gasteiger charge is -2.25. The van der Waals surface area contributed by atoms with E-state index >= 15 is 0 Å². The summed E-state index contributed by atoms with van der Waals surface area (Å²) >= 11 is 0. The summed E-state index contributed by atoms with van der Waals surface area (Å²) in [4.78, 5) is 37.5. The van der Waals surface area contributed by atoms with Gasteiger partial charge in [0.15, 0.2) is 6.10 Å². The van der Waals surface area contributed by atoms with Gasteiger partial charge < -0.3 is 28.5 Å². The largest absolute Gasteiger partial charge is 0.477 e. The number of carbonyl (C=O) groups is 3. The van der Waals surface area contributed by atoms with Gasteiger partial charge in [0.2, 0.25) is 0 Å². The highest BCUT2D eigenvalue weighted by Gasteiger charge is 2.25. The highest BCUT2D eigenvalue weighted by molar-refractivity contribution is 5.71. The molecule has 2 atom stereocenters. The Bertz CT molecular complexity index is 1380. The third-order valence-electron chi connectivity index (χ3n) is 16.2. The third kappa shape index (κ3) is 65.2. The number of unbranched alkanes of at least 4 members (excludes halogenated alkanes) is 48. The number of quaternary nitrogens is 1. The van der Waals surface area contributed by atoms with E-state index in [1.54, 1.807) is 0 Å². The predicted octanol–water partition coefficient (Wildman–Crippen LogP) is 21.8. The molecule has 0 aromatic heterocycles. The van der Waals surface area contributed by atoms with Crippen molar-refractivity contribution in [3.63, 3.8) is 0 Å². The molecule has 9 nitrogen and oxygen atoms in total. The maximum atomic E-state index is 12.9. The summed E-state index contributed by atoms with van der Waals surface area (Å²) in [6, 6.07) is 0. The highest BCUT2D eigenvalue weighted by atomic mass is 16.7. The molecule has 0 bridgehead atoms. The fraction of sp³-hybridized carbons (Fsp3) is 0.903. The van der Waals surface area contributed by atoms with Crippen LogP contribution in [0.1, 0.15) is 361 Å². The van der Waals surface area contributed by atoms with Gasteiger partial charge in [0, 0.05) is 12.8 Å². The van der Waals surface area contributed by atoms with E-state index in [9.17, 15) is 19.5 Å². The number of allylic oxidation sites excluding steroid dienone is 4. The van der Waals surface area contributed by atoms with Gasteiger partial charge >= 0.3 is 17.9 Å². The number of hydrogen-bond acceptors (Lipinski definition) is 7. The Morgan fingerprint density at radius 3 is 0.988 bits per heavy atom. The number of likely N-dealkylation sites (N-methyl/N-ethyl adjacent to an activating group) is 1. The maximum absolute atomic E-state index is 12.9. The summed E-state index contributed by atoms with van der Waals surface area (Å²) in [7, 11) is 5.98. The summed E-state index contributed by atoms with van der Waals surface area (Å²) in [5.41, 5.74) is 0. The molecule has 0 amide bonds. The van der Waals surface area contributed by atoms with Crippen LogP contribution in [0.15, 0.2) is 24.3 Å². The van der Waals surface area contributed by atoms with Crippen LogP contribution in [-0.4, -0.2) is 87.4 Å². The summed E-state index contributed by atoms with van der Waals surface area (Å²) in [5, 5.41) is 9.73. The van der Waals surface area contributed by atoms with Gasteiger partial charge in [-0.3, -0.25) is 9.59 Å². The SMILES string of the molecule is CCCCCC/C=C\C/C=C\CCCCCCCCCC(=O)OC(COC(=O)CCCCCCCCCCCCCCCCCCCCCCCCCCCCCCCCCCCCCCCC)COC(OCC[N+](C)(C)C)C(=O)O. The van der Waals surface area contributed by atoms with Crippen molar-refractivity contribution in [1.82, 2.24) is 0 Å². The number of esters is 2. The van der Waals surface area contributed by atoms with E-state index in [1.807, 2.05) is 21.1 Å². The fourth-order valence-corrected chi connectivity index (χ4v) is 10.8. The molecule has 0 aromatic rings. The van der Waals surface area contributed by atoms with E-state index in [4.69, 9.17) is 18.9 Å². The monoisotopic (exact) mass is 1150 g/mol. The minimum atomic E-state index is -1.51. The number of hydrogen-bond donors (Lipinski definition) is 1. The van der Waals surface area contributed by atoms with Crippen LogP contribution in [-0.2, 0) is 33.3 Å². The molecule has 0 aliphatic rings. The van der Waals surface area contributed by atoms with Crippen molar-refractivity contribution in [2.45, 2.75) is 373 Å². The molecular weight excluding hydrogens is 1010 g/mol. The number of carboxylic acid groups (broad SMARTS) is 1. The van der Waals surface area contributed by atoms with Crippen LogP contribution in [0.4, 0.5) is 0 Å². The predicted molar refractivity (Wildman–Crippen MR) is 346 cm³/mol. The standard InChI is InChI=1S/C72H137NO8/c1-6-8-10-12-14-16-18-20-22-24-26-27-28-29-30-31-32-33-34-35-36-37-38-39-40-41-42-43-44-45-47-48-50-52-54-56-58-60-62-69(74)79-66-68(67-80-72(71(76)77)78-65-64-73(3,4)5)81-70(75)63-61-59-57-55-53-51-49-46-25-23-21-19-17-15-13-11-9-7-2/h17,19,23,25,68,72H,6-16,18,20-22,24,26-67H2,1-5H3/p+1/b19-17-,25-23-. The van der Waals surface area contributed by atoms with Gasteiger partial charge in [-0.05, 0) is 44.9 Å². The van der Waals surface area contributed by atoms with Crippen LogP contribution in [0.2, 0.25) is 0 Å². The van der Waals surface area contributed by atoms with E-state index in [1.165, 1.54) is 276 Å². The van der Waals surface area contributed by atoms with Crippen molar-refractivity contribution in [1.29, 1.82) is 0 Å². The molecule has 0 heterocycles. The van der Waals surface area contributed by atoms with Crippen molar-refractivity contribution in [3.05, 3.63) is 24.3 Å². The Kier molecular flexibility index (Phi) is 62.0. The van der Waals surface area contributed by atoms with E-state index in [0.717, 1.165) is 51.4 Å². The first-order valence-electron chi connectivity index (χ1n) is 35.5. The van der Waals surface area contributed by atoms with Crippen molar-refractivity contribution < 1.29 is 42.9 Å². The summed E-state index contributed by atoms with van der Waals surface area (Å²) in [5.74, 6) is -1.99. The van der Waals surface area contributed by atoms with Gasteiger partial charge in [0.05, 0.1) is 34.4 Å². The third-order valence-corrected chi connectivity index (χ3v) is 16.2.